The molecule has 106 valence electrons. The summed E-state index contributed by atoms with van der Waals surface area (Å²) in [7, 11) is 0. The van der Waals surface area contributed by atoms with Crippen molar-refractivity contribution in [2.45, 2.75) is 19.4 Å². The topological polar surface area (TPSA) is 80.5 Å². The van der Waals surface area contributed by atoms with Crippen molar-refractivity contribution >= 4 is 0 Å². The summed E-state index contributed by atoms with van der Waals surface area (Å²) >= 11 is 0. The SMILES string of the molecule is Cc1nccnc1-c1cnc(CC(N)c2ccccc2)[nH]1. The van der Waals surface area contributed by atoms with E-state index in [4.69, 9.17) is 5.73 Å². The van der Waals surface area contributed by atoms with E-state index >= 15 is 0 Å². The van der Waals surface area contributed by atoms with Gasteiger partial charge in [0.1, 0.15) is 11.5 Å². The van der Waals surface area contributed by atoms with Gasteiger partial charge >= 0.3 is 0 Å². The lowest BCUT2D eigenvalue weighted by molar-refractivity contribution is 0.695. The van der Waals surface area contributed by atoms with Gasteiger partial charge in [0.25, 0.3) is 0 Å². The molecule has 3 N–H and O–H groups in total. The molecular formula is C16H17N5. The van der Waals surface area contributed by atoms with Crippen molar-refractivity contribution in [1.29, 1.82) is 0 Å². The summed E-state index contributed by atoms with van der Waals surface area (Å²) in [4.78, 5) is 16.2. The van der Waals surface area contributed by atoms with Gasteiger partial charge in [-0.2, -0.15) is 0 Å². The number of aryl methyl sites for hydroxylation is 1. The van der Waals surface area contributed by atoms with E-state index in [1.165, 1.54) is 0 Å². The molecule has 0 aliphatic carbocycles. The fourth-order valence-corrected chi connectivity index (χ4v) is 2.28. The van der Waals surface area contributed by atoms with Crippen LogP contribution in [0.1, 0.15) is 23.1 Å². The molecule has 3 aromatic rings. The van der Waals surface area contributed by atoms with Crippen LogP contribution in [0, 0.1) is 6.92 Å². The number of nitrogens with zero attached hydrogens (tertiary/aromatic N) is 3. The Hall–Kier alpha value is -2.53. The number of nitrogens with one attached hydrogen (secondary N) is 1. The van der Waals surface area contributed by atoms with Crippen molar-refractivity contribution in [2.24, 2.45) is 5.73 Å². The molecule has 0 aliphatic rings. The predicted molar refractivity (Wildman–Crippen MR) is 81.4 cm³/mol. The number of aromatic nitrogens is 4. The molecule has 0 saturated carbocycles. The van der Waals surface area contributed by atoms with Crippen molar-refractivity contribution in [3.63, 3.8) is 0 Å². The van der Waals surface area contributed by atoms with Gasteiger partial charge in [0.15, 0.2) is 0 Å². The van der Waals surface area contributed by atoms with Crippen LogP contribution in [0.25, 0.3) is 11.4 Å². The average molecular weight is 279 g/mol. The predicted octanol–water partition coefficient (Wildman–Crippen LogP) is 2.42. The second-order valence-electron chi connectivity index (χ2n) is 4.96. The van der Waals surface area contributed by atoms with E-state index in [-0.39, 0.29) is 6.04 Å². The lowest BCUT2D eigenvalue weighted by Gasteiger charge is -2.09. The molecular weight excluding hydrogens is 262 g/mol. The number of benzene rings is 1. The monoisotopic (exact) mass is 279 g/mol. The maximum atomic E-state index is 6.22. The highest BCUT2D eigenvalue weighted by Gasteiger charge is 2.11. The Labute approximate surface area is 123 Å². The third-order valence-electron chi connectivity index (χ3n) is 3.41. The lowest BCUT2D eigenvalue weighted by Crippen LogP contribution is -2.13. The van der Waals surface area contributed by atoms with Gasteiger partial charge in [-0.1, -0.05) is 30.3 Å². The molecule has 0 bridgehead atoms. The third kappa shape index (κ3) is 2.98. The summed E-state index contributed by atoms with van der Waals surface area (Å²) < 4.78 is 0. The number of rotatable bonds is 4. The highest BCUT2D eigenvalue weighted by atomic mass is 14.9. The van der Waals surface area contributed by atoms with Gasteiger partial charge in [-0.3, -0.25) is 9.97 Å². The minimum atomic E-state index is -0.0758. The van der Waals surface area contributed by atoms with Crippen LogP contribution in [0.15, 0.2) is 48.9 Å². The van der Waals surface area contributed by atoms with Gasteiger partial charge in [0.2, 0.25) is 0 Å². The maximum absolute atomic E-state index is 6.22. The van der Waals surface area contributed by atoms with Gasteiger partial charge < -0.3 is 10.7 Å². The van der Waals surface area contributed by atoms with Crippen molar-refractivity contribution in [3.8, 4) is 11.4 Å². The van der Waals surface area contributed by atoms with Crippen LogP contribution in [-0.4, -0.2) is 19.9 Å². The van der Waals surface area contributed by atoms with E-state index in [1.807, 2.05) is 37.3 Å². The lowest BCUT2D eigenvalue weighted by atomic mass is 10.0. The van der Waals surface area contributed by atoms with Crippen molar-refractivity contribution in [2.75, 3.05) is 0 Å². The van der Waals surface area contributed by atoms with Crippen LogP contribution in [0.3, 0.4) is 0 Å². The molecule has 1 aromatic carbocycles. The molecule has 0 radical (unpaired) electrons. The van der Waals surface area contributed by atoms with E-state index in [9.17, 15) is 0 Å². The first-order valence-corrected chi connectivity index (χ1v) is 6.86. The van der Waals surface area contributed by atoms with Gasteiger partial charge in [-0.25, -0.2) is 4.98 Å². The number of aromatic amines is 1. The second kappa shape index (κ2) is 5.85. The van der Waals surface area contributed by atoms with Gasteiger partial charge in [-0.05, 0) is 12.5 Å². The van der Waals surface area contributed by atoms with E-state index < -0.39 is 0 Å². The molecule has 0 amide bonds. The summed E-state index contributed by atoms with van der Waals surface area (Å²) in [5.74, 6) is 0.853. The molecule has 0 saturated heterocycles. The van der Waals surface area contributed by atoms with E-state index in [1.54, 1.807) is 18.6 Å². The van der Waals surface area contributed by atoms with Crippen LogP contribution >= 0.6 is 0 Å². The summed E-state index contributed by atoms with van der Waals surface area (Å²) in [5, 5.41) is 0. The van der Waals surface area contributed by atoms with Gasteiger partial charge in [0.05, 0.1) is 17.6 Å². The zero-order chi connectivity index (χ0) is 14.7. The Morgan fingerprint density at radius 1 is 1.10 bits per heavy atom. The Morgan fingerprint density at radius 3 is 2.62 bits per heavy atom. The van der Waals surface area contributed by atoms with Crippen molar-refractivity contribution in [1.82, 2.24) is 19.9 Å². The zero-order valence-corrected chi connectivity index (χ0v) is 11.8. The van der Waals surface area contributed by atoms with Crippen molar-refractivity contribution < 1.29 is 0 Å². The summed E-state index contributed by atoms with van der Waals surface area (Å²) in [6.07, 6.45) is 5.80. The first-order chi connectivity index (χ1) is 10.2. The molecule has 1 unspecified atom stereocenters. The minimum Gasteiger partial charge on any atom is -0.341 e. The van der Waals surface area contributed by atoms with E-state index in [0.29, 0.717) is 6.42 Å². The normalized spacial score (nSPS) is 12.3. The molecule has 0 spiro atoms. The first kappa shape index (κ1) is 13.5. The van der Waals surface area contributed by atoms with Crippen LogP contribution in [0.4, 0.5) is 0 Å². The molecule has 2 aromatic heterocycles. The number of hydrogen-bond donors (Lipinski definition) is 2. The fraction of sp³-hybridized carbons (Fsp3) is 0.188. The summed E-state index contributed by atoms with van der Waals surface area (Å²) in [6, 6.07) is 9.95. The summed E-state index contributed by atoms with van der Waals surface area (Å²) in [6.45, 7) is 1.93. The third-order valence-corrected chi connectivity index (χ3v) is 3.41. The van der Waals surface area contributed by atoms with E-state index in [2.05, 4.69) is 19.9 Å². The van der Waals surface area contributed by atoms with E-state index in [0.717, 1.165) is 28.5 Å². The van der Waals surface area contributed by atoms with Crippen LogP contribution < -0.4 is 5.73 Å². The number of nitrogens with two attached hydrogens (primary N) is 1. The Balaban J connectivity index is 1.78. The van der Waals surface area contributed by atoms with Crippen molar-refractivity contribution in [3.05, 3.63) is 66.0 Å². The summed E-state index contributed by atoms with van der Waals surface area (Å²) in [5.41, 5.74) is 9.89. The van der Waals surface area contributed by atoms with Gasteiger partial charge in [-0.15, -0.1) is 0 Å². The minimum absolute atomic E-state index is 0.0758. The first-order valence-electron chi connectivity index (χ1n) is 6.86. The molecule has 0 fully saturated rings. The highest BCUT2D eigenvalue weighted by Crippen LogP contribution is 2.19. The van der Waals surface area contributed by atoms with Gasteiger partial charge in [0, 0.05) is 24.9 Å². The molecule has 5 heteroatoms. The highest BCUT2D eigenvalue weighted by molar-refractivity contribution is 5.55. The quantitative estimate of drug-likeness (QED) is 0.768. The smallest absolute Gasteiger partial charge is 0.109 e. The Morgan fingerprint density at radius 2 is 1.86 bits per heavy atom. The largest absolute Gasteiger partial charge is 0.341 e. The van der Waals surface area contributed by atoms with Crippen LogP contribution in [-0.2, 0) is 6.42 Å². The number of hydrogen-bond acceptors (Lipinski definition) is 4. The molecule has 5 nitrogen and oxygen atoms in total. The zero-order valence-electron chi connectivity index (χ0n) is 11.8. The van der Waals surface area contributed by atoms with Crippen LogP contribution in [0.2, 0.25) is 0 Å². The number of imidazole rings is 1. The molecule has 0 aliphatic heterocycles. The Kier molecular flexibility index (Phi) is 3.75. The molecule has 2 heterocycles. The average Bonchev–Trinajstić information content (AvgIpc) is 2.97. The Bertz CT molecular complexity index is 720. The molecule has 21 heavy (non-hydrogen) atoms. The molecule has 3 rings (SSSR count). The second-order valence-corrected chi connectivity index (χ2v) is 4.96. The number of H-pyrrole nitrogens is 1. The standard InChI is InChI=1S/C16H17N5/c1-11-16(19-8-7-18-11)14-10-20-15(21-14)9-13(17)12-5-3-2-4-6-12/h2-8,10,13H,9,17H2,1H3,(H,20,21). The van der Waals surface area contributed by atoms with Crippen LogP contribution in [0.5, 0.6) is 0 Å². The maximum Gasteiger partial charge on any atom is 0.109 e. The fourth-order valence-electron chi connectivity index (χ4n) is 2.28. The molecule has 1 atom stereocenters.